The summed E-state index contributed by atoms with van der Waals surface area (Å²) in [6, 6.07) is 8.68. The predicted molar refractivity (Wildman–Crippen MR) is 132 cm³/mol. The summed E-state index contributed by atoms with van der Waals surface area (Å²) < 4.78 is 4.08. The highest BCUT2D eigenvalue weighted by Crippen LogP contribution is 2.49. The summed E-state index contributed by atoms with van der Waals surface area (Å²) in [5, 5.41) is 10.1. The molecule has 0 saturated heterocycles. The molecule has 1 spiro atoms. The lowest BCUT2D eigenvalue weighted by molar-refractivity contribution is 0.283. The first-order valence-corrected chi connectivity index (χ1v) is 13.4. The van der Waals surface area contributed by atoms with Crippen molar-refractivity contribution in [3.8, 4) is 11.3 Å². The summed E-state index contributed by atoms with van der Waals surface area (Å²) in [6.45, 7) is 4.91. The molecule has 2 aliphatic carbocycles. The van der Waals surface area contributed by atoms with Gasteiger partial charge < -0.3 is 0 Å². The van der Waals surface area contributed by atoms with Crippen LogP contribution in [0.2, 0.25) is 0 Å². The first-order valence-electron chi connectivity index (χ1n) is 12.4. The van der Waals surface area contributed by atoms with Crippen LogP contribution in [0.3, 0.4) is 0 Å². The Morgan fingerprint density at radius 2 is 1.84 bits per heavy atom. The molecule has 5 rings (SSSR count). The highest BCUT2D eigenvalue weighted by Gasteiger charge is 2.44. The number of thioether (sulfide) groups is 1. The first kappa shape index (κ1) is 21.7. The van der Waals surface area contributed by atoms with Gasteiger partial charge in [0.05, 0.1) is 5.69 Å². The van der Waals surface area contributed by atoms with Crippen LogP contribution < -0.4 is 5.56 Å². The number of aryl methyl sites for hydroxylation is 1. The fraction of sp³-hybridized carbons (Fsp3) is 0.577. The number of aromatic nitrogens is 4. The van der Waals surface area contributed by atoms with E-state index in [1.165, 1.54) is 56.1 Å². The van der Waals surface area contributed by atoms with E-state index in [0.717, 1.165) is 41.4 Å². The van der Waals surface area contributed by atoms with Crippen molar-refractivity contribution in [2.24, 2.45) is 0 Å². The first-order chi connectivity index (χ1) is 15.7. The molecule has 2 aromatic heterocycles. The number of hydrogen-bond acceptors (Lipinski definition) is 4. The minimum atomic E-state index is -0.0581. The van der Waals surface area contributed by atoms with Gasteiger partial charge in [0.1, 0.15) is 0 Å². The van der Waals surface area contributed by atoms with E-state index < -0.39 is 0 Å². The molecule has 0 amide bonds. The fourth-order valence-electron chi connectivity index (χ4n) is 5.89. The van der Waals surface area contributed by atoms with E-state index in [9.17, 15) is 4.79 Å². The number of rotatable bonds is 7. The lowest BCUT2D eigenvalue weighted by Crippen LogP contribution is -2.43. The third-order valence-corrected chi connectivity index (χ3v) is 8.48. The highest BCUT2D eigenvalue weighted by molar-refractivity contribution is 7.99. The number of nitrogens with zero attached hydrogens (tertiary/aromatic N) is 4. The van der Waals surface area contributed by atoms with Crippen LogP contribution in [0.4, 0.5) is 0 Å². The van der Waals surface area contributed by atoms with Crippen molar-refractivity contribution >= 4 is 17.5 Å². The zero-order chi connectivity index (χ0) is 22.1. The Kier molecular flexibility index (Phi) is 6.15. The number of unbranched alkanes of at least 4 members (excludes halogenated alkanes) is 3. The second-order valence-electron chi connectivity index (χ2n) is 9.48. The third-order valence-electron chi connectivity index (χ3n) is 7.46. The Hall–Kier alpha value is -2.08. The second-order valence-corrected chi connectivity index (χ2v) is 10.5. The molecule has 0 unspecified atom stereocenters. The molecule has 1 aromatic carbocycles. The zero-order valence-electron chi connectivity index (χ0n) is 19.4. The maximum atomic E-state index is 14.0. The summed E-state index contributed by atoms with van der Waals surface area (Å²) in [6.07, 6.45) is 11.8. The molecule has 1 fully saturated rings. The average molecular weight is 451 g/mol. The fourth-order valence-corrected chi connectivity index (χ4v) is 6.82. The summed E-state index contributed by atoms with van der Waals surface area (Å²) in [5.74, 6) is 1.73. The molecular weight excluding hydrogens is 416 g/mol. The molecule has 0 bridgehead atoms. The van der Waals surface area contributed by atoms with Gasteiger partial charge in [-0.25, -0.2) is 0 Å². The molecule has 5 nitrogen and oxygen atoms in total. The quantitative estimate of drug-likeness (QED) is 0.327. The van der Waals surface area contributed by atoms with Gasteiger partial charge in [0.15, 0.2) is 5.16 Å². The van der Waals surface area contributed by atoms with E-state index in [0.29, 0.717) is 12.3 Å². The van der Waals surface area contributed by atoms with E-state index in [1.807, 2.05) is 11.5 Å². The Morgan fingerprint density at radius 3 is 2.62 bits per heavy atom. The Labute approximate surface area is 194 Å². The maximum absolute atomic E-state index is 14.0. The zero-order valence-corrected chi connectivity index (χ0v) is 20.2. The monoisotopic (exact) mass is 450 g/mol. The van der Waals surface area contributed by atoms with Gasteiger partial charge in [-0.1, -0.05) is 81.5 Å². The van der Waals surface area contributed by atoms with E-state index in [-0.39, 0.29) is 11.0 Å². The lowest BCUT2D eigenvalue weighted by Gasteiger charge is -2.42. The Balaban J connectivity index is 1.73. The Morgan fingerprint density at radius 1 is 1.03 bits per heavy atom. The van der Waals surface area contributed by atoms with Crippen LogP contribution in [-0.2, 0) is 18.4 Å². The predicted octanol–water partition coefficient (Wildman–Crippen LogP) is 6.01. The molecule has 6 heteroatoms. The van der Waals surface area contributed by atoms with Crippen LogP contribution in [-0.4, -0.2) is 24.9 Å². The standard InChI is InChI=1S/C26H34N4OS/c1-3-5-6-12-17-32-25-28-27-24-29(4-2)23(31)21-22(30(24)25)20-14-9-8-13-19(20)18-26(21)15-10-7-11-16-26/h8-9,13-14H,3-7,10-12,15-18H2,1-2H3. The van der Waals surface area contributed by atoms with Gasteiger partial charge in [-0.3, -0.25) is 13.8 Å². The van der Waals surface area contributed by atoms with Gasteiger partial charge in [-0.15, -0.1) is 10.2 Å². The molecular formula is C26H34N4OS. The SMILES string of the molecule is CCCCCCSc1nnc2n(CC)c(=O)c3c(n12)-c1ccccc1CC31CCCCC1. The molecule has 2 aliphatic rings. The summed E-state index contributed by atoms with van der Waals surface area (Å²) >= 11 is 1.79. The lowest BCUT2D eigenvalue weighted by atomic mass is 9.62. The molecule has 0 atom stereocenters. The minimum Gasteiger partial charge on any atom is -0.277 e. The molecule has 170 valence electrons. The van der Waals surface area contributed by atoms with Crippen molar-refractivity contribution in [2.45, 2.75) is 95.2 Å². The van der Waals surface area contributed by atoms with Gasteiger partial charge in [-0.2, -0.15) is 0 Å². The summed E-state index contributed by atoms with van der Waals surface area (Å²) in [4.78, 5) is 14.0. The molecule has 1 saturated carbocycles. The molecule has 0 N–H and O–H groups in total. The minimum absolute atomic E-state index is 0.0581. The van der Waals surface area contributed by atoms with Crippen molar-refractivity contribution in [1.29, 1.82) is 0 Å². The van der Waals surface area contributed by atoms with Gasteiger partial charge in [0.2, 0.25) is 5.78 Å². The summed E-state index contributed by atoms with van der Waals surface area (Å²) in [5.41, 5.74) is 4.74. The average Bonchev–Trinajstić information content (AvgIpc) is 3.23. The second kappa shape index (κ2) is 9.05. The van der Waals surface area contributed by atoms with Crippen LogP contribution in [0, 0.1) is 0 Å². The number of hydrogen-bond donors (Lipinski definition) is 0. The third kappa shape index (κ3) is 3.51. The van der Waals surface area contributed by atoms with E-state index in [2.05, 4.69) is 45.8 Å². The van der Waals surface area contributed by atoms with Gasteiger partial charge >= 0.3 is 0 Å². The molecule has 0 aliphatic heterocycles. The van der Waals surface area contributed by atoms with E-state index in [1.54, 1.807) is 11.8 Å². The van der Waals surface area contributed by atoms with Gasteiger partial charge in [0, 0.05) is 28.8 Å². The number of fused-ring (bicyclic) bond motifs is 6. The molecule has 0 radical (unpaired) electrons. The highest BCUT2D eigenvalue weighted by atomic mass is 32.2. The van der Waals surface area contributed by atoms with E-state index >= 15 is 0 Å². The van der Waals surface area contributed by atoms with Crippen molar-refractivity contribution < 1.29 is 0 Å². The number of benzene rings is 1. The van der Waals surface area contributed by atoms with E-state index in [4.69, 9.17) is 0 Å². The van der Waals surface area contributed by atoms with Gasteiger partial charge in [0.25, 0.3) is 5.56 Å². The normalized spacial score (nSPS) is 16.9. The van der Waals surface area contributed by atoms with Crippen LogP contribution in [0.1, 0.15) is 82.8 Å². The van der Waals surface area contributed by atoms with Crippen molar-refractivity contribution in [2.75, 3.05) is 5.75 Å². The maximum Gasteiger partial charge on any atom is 0.259 e. The van der Waals surface area contributed by atoms with Crippen LogP contribution in [0.25, 0.3) is 17.0 Å². The van der Waals surface area contributed by atoms with Crippen molar-refractivity contribution in [3.05, 3.63) is 45.7 Å². The van der Waals surface area contributed by atoms with Crippen LogP contribution in [0.15, 0.2) is 34.2 Å². The molecule has 2 heterocycles. The van der Waals surface area contributed by atoms with Crippen LogP contribution in [0.5, 0.6) is 0 Å². The van der Waals surface area contributed by atoms with Gasteiger partial charge in [-0.05, 0) is 38.2 Å². The Bertz CT molecular complexity index is 1170. The molecule has 3 aromatic rings. The van der Waals surface area contributed by atoms with Crippen molar-refractivity contribution in [3.63, 3.8) is 0 Å². The largest absolute Gasteiger partial charge is 0.277 e. The smallest absolute Gasteiger partial charge is 0.259 e. The van der Waals surface area contributed by atoms with Crippen molar-refractivity contribution in [1.82, 2.24) is 19.2 Å². The molecule has 32 heavy (non-hydrogen) atoms. The topological polar surface area (TPSA) is 52.2 Å². The summed E-state index contributed by atoms with van der Waals surface area (Å²) in [7, 11) is 0. The van der Waals surface area contributed by atoms with Crippen LogP contribution >= 0.6 is 11.8 Å².